The summed E-state index contributed by atoms with van der Waals surface area (Å²) in [6, 6.07) is 7.39. The molecule has 82 valence electrons. The lowest BCUT2D eigenvalue weighted by Crippen LogP contribution is -2.28. The molecule has 0 heterocycles. The van der Waals surface area contributed by atoms with E-state index < -0.39 is 0 Å². The number of nitrogens with one attached hydrogen (secondary N) is 1. The molecule has 0 aliphatic heterocycles. The Hall–Kier alpha value is -1.75. The number of benzene rings is 1. The van der Waals surface area contributed by atoms with Gasteiger partial charge in [-0.2, -0.15) is 0 Å². The minimum Gasteiger partial charge on any atom is -0.497 e. The number of rotatable bonds is 3. The van der Waals surface area contributed by atoms with Gasteiger partial charge in [-0.15, -0.1) is 0 Å². The van der Waals surface area contributed by atoms with E-state index in [0.29, 0.717) is 0 Å². The van der Waals surface area contributed by atoms with Crippen LogP contribution in [0.5, 0.6) is 5.75 Å². The van der Waals surface area contributed by atoms with E-state index in [1.54, 1.807) is 12.6 Å². The van der Waals surface area contributed by atoms with Crippen LogP contribution in [-0.2, 0) is 0 Å². The average Bonchev–Trinajstić information content (AvgIpc) is 2.29. The normalized spacial score (nSPS) is 13.4. The molecule has 0 bridgehead atoms. The summed E-state index contributed by atoms with van der Waals surface area (Å²) in [5.74, 6) is 0.793. The number of nitrogens with zero attached hydrogens (tertiary/aromatic N) is 1. The second-order valence-corrected chi connectivity index (χ2v) is 3.08. The van der Waals surface area contributed by atoms with Gasteiger partial charge in [0.2, 0.25) is 5.96 Å². The van der Waals surface area contributed by atoms with Gasteiger partial charge in [-0.3, -0.25) is 5.21 Å². The van der Waals surface area contributed by atoms with Crippen LogP contribution in [0.4, 0.5) is 0 Å². The molecule has 15 heavy (non-hydrogen) atoms. The fourth-order valence-corrected chi connectivity index (χ4v) is 1.19. The van der Waals surface area contributed by atoms with Gasteiger partial charge in [0, 0.05) is 0 Å². The van der Waals surface area contributed by atoms with Gasteiger partial charge < -0.3 is 10.5 Å². The molecule has 5 heteroatoms. The van der Waals surface area contributed by atoms with E-state index in [1.807, 2.05) is 31.2 Å². The number of ether oxygens (including phenoxy) is 1. The summed E-state index contributed by atoms with van der Waals surface area (Å²) in [7, 11) is 1.62. The summed E-state index contributed by atoms with van der Waals surface area (Å²) in [4.78, 5) is 4.01. The Morgan fingerprint density at radius 3 is 2.53 bits per heavy atom. The third-order valence-corrected chi connectivity index (χ3v) is 2.05. The smallest absolute Gasteiger partial charge is 0.213 e. The van der Waals surface area contributed by atoms with Gasteiger partial charge in [0.15, 0.2) is 0 Å². The van der Waals surface area contributed by atoms with Crippen molar-refractivity contribution in [3.8, 4) is 5.75 Å². The van der Waals surface area contributed by atoms with Crippen LogP contribution < -0.4 is 16.0 Å². The Balaban J connectivity index is 2.78. The number of aliphatic imine (C=N–C) groups is 1. The first-order valence-corrected chi connectivity index (χ1v) is 4.54. The number of hydrogen-bond acceptors (Lipinski definition) is 3. The molecule has 0 saturated heterocycles. The molecule has 5 nitrogen and oxygen atoms in total. The molecule has 1 rings (SSSR count). The van der Waals surface area contributed by atoms with E-state index in [4.69, 9.17) is 15.7 Å². The van der Waals surface area contributed by atoms with Crippen LogP contribution >= 0.6 is 0 Å². The van der Waals surface area contributed by atoms with E-state index in [-0.39, 0.29) is 12.0 Å². The monoisotopic (exact) mass is 209 g/mol. The first kappa shape index (κ1) is 11.3. The summed E-state index contributed by atoms with van der Waals surface area (Å²) in [5.41, 5.74) is 8.12. The zero-order chi connectivity index (χ0) is 11.3. The summed E-state index contributed by atoms with van der Waals surface area (Å²) in [5, 5.41) is 8.49. The van der Waals surface area contributed by atoms with E-state index in [2.05, 4.69) is 4.99 Å². The van der Waals surface area contributed by atoms with Crippen molar-refractivity contribution in [2.45, 2.75) is 13.0 Å². The van der Waals surface area contributed by atoms with Crippen LogP contribution in [0.2, 0.25) is 0 Å². The molecule has 0 aromatic heterocycles. The van der Waals surface area contributed by atoms with Crippen LogP contribution in [0.15, 0.2) is 29.3 Å². The van der Waals surface area contributed by atoms with Crippen molar-refractivity contribution < 1.29 is 9.94 Å². The molecule has 1 unspecified atom stereocenters. The zero-order valence-corrected chi connectivity index (χ0v) is 8.77. The van der Waals surface area contributed by atoms with Crippen molar-refractivity contribution >= 4 is 5.96 Å². The molecule has 1 atom stereocenters. The summed E-state index contributed by atoms with van der Waals surface area (Å²) < 4.78 is 5.04. The molecular weight excluding hydrogens is 194 g/mol. The number of methoxy groups -OCH3 is 1. The molecular formula is C10H15N3O2. The standard InChI is InChI=1S/C10H15N3O2/c1-7(12-10(11)13-14)8-3-5-9(15-2)6-4-8/h3-7,14H,1-2H3,(H3,11,12,13). The molecule has 0 amide bonds. The SMILES string of the molecule is COc1ccc(C(C)N=C(N)NO)cc1. The Bertz CT molecular complexity index is 335. The van der Waals surface area contributed by atoms with Gasteiger partial charge in [0.25, 0.3) is 0 Å². The van der Waals surface area contributed by atoms with Gasteiger partial charge in [-0.1, -0.05) is 12.1 Å². The number of nitrogens with two attached hydrogens (primary N) is 1. The van der Waals surface area contributed by atoms with Crippen molar-refractivity contribution in [3.63, 3.8) is 0 Å². The van der Waals surface area contributed by atoms with E-state index >= 15 is 0 Å². The minimum atomic E-state index is -0.115. The molecule has 0 radical (unpaired) electrons. The highest BCUT2D eigenvalue weighted by molar-refractivity contribution is 5.76. The number of hydroxylamine groups is 1. The van der Waals surface area contributed by atoms with Gasteiger partial charge >= 0.3 is 0 Å². The predicted molar refractivity (Wildman–Crippen MR) is 58.0 cm³/mol. The number of guanidine groups is 1. The second-order valence-electron chi connectivity index (χ2n) is 3.08. The molecule has 0 fully saturated rings. The highest BCUT2D eigenvalue weighted by atomic mass is 16.5. The van der Waals surface area contributed by atoms with E-state index in [9.17, 15) is 0 Å². The van der Waals surface area contributed by atoms with Crippen molar-refractivity contribution in [3.05, 3.63) is 29.8 Å². The highest BCUT2D eigenvalue weighted by Gasteiger charge is 2.03. The Morgan fingerprint density at radius 1 is 1.47 bits per heavy atom. The quantitative estimate of drug-likeness (QED) is 0.395. The van der Waals surface area contributed by atoms with Gasteiger partial charge in [0.05, 0.1) is 13.2 Å². The zero-order valence-electron chi connectivity index (χ0n) is 8.77. The molecule has 1 aromatic rings. The first-order chi connectivity index (χ1) is 7.17. The lowest BCUT2D eigenvalue weighted by Gasteiger charge is -2.08. The molecule has 1 aromatic carbocycles. The highest BCUT2D eigenvalue weighted by Crippen LogP contribution is 2.19. The maximum Gasteiger partial charge on any atom is 0.213 e. The maximum absolute atomic E-state index is 8.49. The fourth-order valence-electron chi connectivity index (χ4n) is 1.19. The number of hydrogen-bond donors (Lipinski definition) is 3. The van der Waals surface area contributed by atoms with Gasteiger partial charge in [-0.05, 0) is 24.6 Å². The lowest BCUT2D eigenvalue weighted by molar-refractivity contribution is 0.232. The molecule has 0 aliphatic rings. The van der Waals surface area contributed by atoms with Crippen molar-refractivity contribution in [2.24, 2.45) is 10.7 Å². The molecule has 4 N–H and O–H groups in total. The van der Waals surface area contributed by atoms with Crippen molar-refractivity contribution in [1.82, 2.24) is 5.48 Å². The van der Waals surface area contributed by atoms with Crippen LogP contribution in [0.3, 0.4) is 0 Å². The molecule has 0 aliphatic carbocycles. The van der Waals surface area contributed by atoms with Crippen LogP contribution in [0, 0.1) is 0 Å². The van der Waals surface area contributed by atoms with Crippen molar-refractivity contribution in [2.75, 3.05) is 7.11 Å². The minimum absolute atomic E-state index is 0.00156. The second kappa shape index (κ2) is 5.21. The Morgan fingerprint density at radius 2 is 2.07 bits per heavy atom. The summed E-state index contributed by atoms with van der Waals surface area (Å²) in [6.45, 7) is 1.88. The van der Waals surface area contributed by atoms with Gasteiger partial charge in [0.1, 0.15) is 5.75 Å². The van der Waals surface area contributed by atoms with Crippen LogP contribution in [-0.4, -0.2) is 18.3 Å². The average molecular weight is 209 g/mol. The molecule has 0 saturated carbocycles. The Kier molecular flexibility index (Phi) is 3.93. The lowest BCUT2D eigenvalue weighted by atomic mass is 10.1. The molecule has 0 spiro atoms. The third-order valence-electron chi connectivity index (χ3n) is 2.05. The topological polar surface area (TPSA) is 79.9 Å². The largest absolute Gasteiger partial charge is 0.497 e. The maximum atomic E-state index is 8.49. The predicted octanol–water partition coefficient (Wildman–Crippen LogP) is 1.05. The third kappa shape index (κ3) is 3.14. The summed E-state index contributed by atoms with van der Waals surface area (Å²) in [6.07, 6.45) is 0. The van der Waals surface area contributed by atoms with Crippen LogP contribution in [0.25, 0.3) is 0 Å². The fraction of sp³-hybridized carbons (Fsp3) is 0.300. The van der Waals surface area contributed by atoms with Crippen molar-refractivity contribution in [1.29, 1.82) is 0 Å². The van der Waals surface area contributed by atoms with Gasteiger partial charge in [-0.25, -0.2) is 10.5 Å². The summed E-state index contributed by atoms with van der Waals surface area (Å²) >= 11 is 0. The first-order valence-electron chi connectivity index (χ1n) is 4.54. The van der Waals surface area contributed by atoms with E-state index in [0.717, 1.165) is 11.3 Å². The van der Waals surface area contributed by atoms with E-state index in [1.165, 1.54) is 0 Å². The van der Waals surface area contributed by atoms with Crippen LogP contribution in [0.1, 0.15) is 18.5 Å². The Labute approximate surface area is 88.5 Å².